The Morgan fingerprint density at radius 1 is 1.26 bits per heavy atom. The predicted octanol–water partition coefficient (Wildman–Crippen LogP) is 3.19. The number of hydrogen-bond donors (Lipinski definition) is 1. The van der Waals surface area contributed by atoms with E-state index in [0.29, 0.717) is 33.3 Å². The lowest BCUT2D eigenvalue weighted by molar-refractivity contribution is -0.120. The second-order valence-corrected chi connectivity index (χ2v) is 8.64. The van der Waals surface area contributed by atoms with Gasteiger partial charge in [-0.1, -0.05) is 0 Å². The number of nitrogens with one attached hydrogen (secondary N) is 1. The Bertz CT molecular complexity index is 1370. The molecule has 1 aromatic carbocycles. The molecule has 1 N–H and O–H groups in total. The van der Waals surface area contributed by atoms with Crippen molar-refractivity contribution in [3.63, 3.8) is 0 Å². The first-order chi connectivity index (χ1) is 14.9. The highest BCUT2D eigenvalue weighted by Crippen LogP contribution is 2.24. The number of nitrogens with zero attached hydrogens (tertiary/aromatic N) is 4. The Balaban J connectivity index is 1.57. The van der Waals surface area contributed by atoms with Gasteiger partial charge in [0.25, 0.3) is 5.56 Å². The van der Waals surface area contributed by atoms with Crippen LogP contribution in [-0.4, -0.2) is 31.1 Å². The summed E-state index contributed by atoms with van der Waals surface area (Å²) in [5.41, 5.74) is 3.33. The number of hydrogen-bond acceptors (Lipinski definition) is 5. The fourth-order valence-electron chi connectivity index (χ4n) is 3.64. The molecule has 0 unspecified atom stereocenters. The molecule has 1 amide bonds. The maximum Gasteiger partial charge on any atom is 0.268 e. The van der Waals surface area contributed by atoms with Gasteiger partial charge in [0.2, 0.25) is 5.91 Å². The molecule has 0 radical (unpaired) electrons. The molecule has 0 aliphatic heterocycles. The van der Waals surface area contributed by atoms with Gasteiger partial charge in [0.1, 0.15) is 11.5 Å². The number of aromatic nitrogens is 4. The summed E-state index contributed by atoms with van der Waals surface area (Å²) in [5.74, 6) is -0.416. The van der Waals surface area contributed by atoms with Crippen LogP contribution >= 0.6 is 11.3 Å². The van der Waals surface area contributed by atoms with Gasteiger partial charge in [0, 0.05) is 22.8 Å². The minimum Gasteiger partial charge on any atom is -0.353 e. The van der Waals surface area contributed by atoms with Crippen molar-refractivity contribution in [3.8, 4) is 16.9 Å². The van der Waals surface area contributed by atoms with Crippen molar-refractivity contribution in [3.05, 3.63) is 69.0 Å². The van der Waals surface area contributed by atoms with Crippen LogP contribution in [0.15, 0.2) is 40.5 Å². The Labute approximate surface area is 181 Å². The van der Waals surface area contributed by atoms with Crippen molar-refractivity contribution >= 4 is 22.2 Å². The van der Waals surface area contributed by atoms with Gasteiger partial charge < -0.3 is 5.32 Å². The van der Waals surface area contributed by atoms with E-state index in [0.717, 1.165) is 18.5 Å². The molecule has 3 heterocycles. The Hall–Kier alpha value is -3.33. The first-order valence-electron chi connectivity index (χ1n) is 10.0. The number of amides is 1. The fraction of sp³-hybridized carbons (Fsp3) is 0.273. The van der Waals surface area contributed by atoms with E-state index in [1.54, 1.807) is 23.7 Å². The van der Waals surface area contributed by atoms with Crippen molar-refractivity contribution in [1.82, 2.24) is 24.5 Å². The van der Waals surface area contributed by atoms with Gasteiger partial charge in [-0.15, -0.1) is 11.3 Å². The van der Waals surface area contributed by atoms with E-state index in [1.165, 1.54) is 27.9 Å². The van der Waals surface area contributed by atoms with Gasteiger partial charge in [-0.2, -0.15) is 5.10 Å². The minimum absolute atomic E-state index is 0.0901. The molecule has 0 spiro atoms. The zero-order chi connectivity index (χ0) is 21.7. The highest BCUT2D eigenvalue weighted by Gasteiger charge is 2.24. The maximum absolute atomic E-state index is 13.4. The van der Waals surface area contributed by atoms with Crippen LogP contribution in [0.3, 0.4) is 0 Å². The third-order valence-corrected chi connectivity index (χ3v) is 6.19. The zero-order valence-electron chi connectivity index (χ0n) is 17.1. The van der Waals surface area contributed by atoms with Gasteiger partial charge in [0.15, 0.2) is 4.96 Å². The summed E-state index contributed by atoms with van der Waals surface area (Å²) in [6.45, 7) is 3.65. The standard InChI is InChI=1S/C22H20FN5O2S/c1-12-9-18(26-28(12)16-7-3-14(23)4-8-16)20-13(2)24-22-27(21(20)30)17(11-31-22)10-19(29)25-15-5-6-15/h3-4,7-9,11,15H,5-6,10H2,1-2H3,(H,25,29). The highest BCUT2D eigenvalue weighted by molar-refractivity contribution is 7.15. The number of aryl methyl sites for hydroxylation is 2. The molecule has 1 fully saturated rings. The molecule has 31 heavy (non-hydrogen) atoms. The van der Waals surface area contributed by atoms with Crippen LogP contribution in [0, 0.1) is 19.7 Å². The van der Waals surface area contributed by atoms with Crippen LogP contribution < -0.4 is 10.9 Å². The maximum atomic E-state index is 13.4. The molecule has 3 aromatic heterocycles. The molecule has 9 heteroatoms. The summed E-state index contributed by atoms with van der Waals surface area (Å²) >= 11 is 1.34. The number of thiazole rings is 1. The average Bonchev–Trinajstić information content (AvgIpc) is 3.32. The lowest BCUT2D eigenvalue weighted by atomic mass is 10.1. The summed E-state index contributed by atoms with van der Waals surface area (Å²) in [5, 5.41) is 9.36. The lowest BCUT2D eigenvalue weighted by Gasteiger charge is -2.07. The number of halogens is 1. The SMILES string of the molecule is Cc1nc2scc(CC(=O)NC3CC3)n2c(=O)c1-c1cc(C)n(-c2ccc(F)cc2)n1. The smallest absolute Gasteiger partial charge is 0.268 e. The number of carbonyl (C=O) groups is 1. The predicted molar refractivity (Wildman–Crippen MR) is 116 cm³/mol. The van der Waals surface area contributed by atoms with E-state index in [9.17, 15) is 14.0 Å². The highest BCUT2D eigenvalue weighted by atomic mass is 32.1. The quantitative estimate of drug-likeness (QED) is 0.520. The van der Waals surface area contributed by atoms with Gasteiger partial charge in [-0.05, 0) is 57.0 Å². The van der Waals surface area contributed by atoms with E-state index in [4.69, 9.17) is 0 Å². The second-order valence-electron chi connectivity index (χ2n) is 7.80. The van der Waals surface area contributed by atoms with Gasteiger partial charge in [-0.25, -0.2) is 14.1 Å². The summed E-state index contributed by atoms with van der Waals surface area (Å²) in [6, 6.07) is 8.09. The second kappa shape index (κ2) is 7.42. The van der Waals surface area contributed by atoms with E-state index >= 15 is 0 Å². The monoisotopic (exact) mass is 437 g/mol. The average molecular weight is 438 g/mol. The molecule has 0 bridgehead atoms. The third-order valence-electron chi connectivity index (χ3n) is 5.32. The lowest BCUT2D eigenvalue weighted by Crippen LogP contribution is -2.29. The van der Waals surface area contributed by atoms with Gasteiger partial charge in [-0.3, -0.25) is 14.0 Å². The Morgan fingerprint density at radius 2 is 2.00 bits per heavy atom. The van der Waals surface area contributed by atoms with Crippen molar-refractivity contribution in [2.45, 2.75) is 39.2 Å². The minimum atomic E-state index is -0.326. The Kier molecular flexibility index (Phi) is 4.70. The molecule has 0 atom stereocenters. The van der Waals surface area contributed by atoms with Crippen molar-refractivity contribution in [1.29, 1.82) is 0 Å². The first-order valence-corrected chi connectivity index (χ1v) is 10.9. The normalized spacial score (nSPS) is 13.6. The van der Waals surface area contributed by atoms with Gasteiger partial charge >= 0.3 is 0 Å². The topological polar surface area (TPSA) is 81.3 Å². The molecule has 4 aromatic rings. The molecule has 7 nitrogen and oxygen atoms in total. The molecule has 158 valence electrons. The number of fused-ring (bicyclic) bond motifs is 1. The molecule has 1 aliphatic carbocycles. The van der Waals surface area contributed by atoms with Crippen LogP contribution in [-0.2, 0) is 11.2 Å². The van der Waals surface area contributed by atoms with Crippen LogP contribution in [0.4, 0.5) is 4.39 Å². The summed E-state index contributed by atoms with van der Waals surface area (Å²) in [7, 11) is 0. The largest absolute Gasteiger partial charge is 0.353 e. The molecule has 1 aliphatic rings. The van der Waals surface area contributed by atoms with Crippen LogP contribution in [0.2, 0.25) is 0 Å². The fourth-order valence-corrected chi connectivity index (χ4v) is 4.56. The van der Waals surface area contributed by atoms with E-state index < -0.39 is 0 Å². The van der Waals surface area contributed by atoms with Crippen molar-refractivity contribution < 1.29 is 9.18 Å². The number of carbonyl (C=O) groups excluding carboxylic acids is 1. The summed E-state index contributed by atoms with van der Waals surface area (Å²) < 4.78 is 16.5. The van der Waals surface area contributed by atoms with Crippen LogP contribution in [0.5, 0.6) is 0 Å². The van der Waals surface area contributed by atoms with E-state index in [2.05, 4.69) is 15.4 Å². The third kappa shape index (κ3) is 3.65. The first kappa shape index (κ1) is 19.6. The zero-order valence-corrected chi connectivity index (χ0v) is 17.9. The van der Waals surface area contributed by atoms with Crippen LogP contribution in [0.25, 0.3) is 21.9 Å². The molecule has 5 rings (SSSR count). The summed E-state index contributed by atoms with van der Waals surface area (Å²) in [6.07, 6.45) is 2.15. The van der Waals surface area contributed by atoms with Crippen molar-refractivity contribution in [2.24, 2.45) is 0 Å². The molecule has 1 saturated carbocycles. The van der Waals surface area contributed by atoms with E-state index in [-0.39, 0.29) is 29.7 Å². The molecular formula is C22H20FN5O2S. The molecular weight excluding hydrogens is 417 g/mol. The summed E-state index contributed by atoms with van der Waals surface area (Å²) in [4.78, 5) is 30.9. The van der Waals surface area contributed by atoms with E-state index in [1.807, 2.05) is 18.4 Å². The molecule has 0 saturated heterocycles. The van der Waals surface area contributed by atoms with Crippen molar-refractivity contribution in [2.75, 3.05) is 0 Å². The number of benzene rings is 1. The van der Waals surface area contributed by atoms with Gasteiger partial charge in [0.05, 0.1) is 23.4 Å². The van der Waals surface area contributed by atoms with Crippen LogP contribution in [0.1, 0.15) is 29.9 Å². The number of rotatable bonds is 5. The Morgan fingerprint density at radius 3 is 2.71 bits per heavy atom.